The van der Waals surface area contributed by atoms with Crippen LogP contribution in [0, 0.1) is 5.92 Å². The number of pyridine rings is 1. The number of ether oxygens (including phenoxy) is 2. The molecule has 30 heavy (non-hydrogen) atoms. The first-order valence-electron chi connectivity index (χ1n) is 9.84. The zero-order valence-electron chi connectivity index (χ0n) is 16.6. The van der Waals surface area contributed by atoms with Crippen LogP contribution in [0.2, 0.25) is 0 Å². The summed E-state index contributed by atoms with van der Waals surface area (Å²) in [7, 11) is 0. The number of hydrogen-bond acceptors (Lipinski definition) is 5. The Hall–Kier alpha value is -3.67. The van der Waals surface area contributed by atoms with Crippen LogP contribution in [0.1, 0.15) is 51.3 Å². The fraction of sp³-hybridized carbons (Fsp3) is 0.208. The number of hydrogen-bond donors (Lipinski definition) is 1. The average molecular weight is 402 g/mol. The number of ketones is 1. The Morgan fingerprint density at radius 3 is 2.70 bits per heavy atom. The molecule has 0 fully saturated rings. The van der Waals surface area contributed by atoms with Gasteiger partial charge in [0.15, 0.2) is 5.78 Å². The lowest BCUT2D eigenvalue weighted by Crippen LogP contribution is -2.27. The summed E-state index contributed by atoms with van der Waals surface area (Å²) < 4.78 is 12.1. The number of amides is 1. The quantitative estimate of drug-likeness (QED) is 0.674. The Morgan fingerprint density at radius 1 is 1.20 bits per heavy atom. The van der Waals surface area contributed by atoms with E-state index in [1.54, 1.807) is 42.7 Å². The van der Waals surface area contributed by atoms with Gasteiger partial charge < -0.3 is 15.2 Å². The molecule has 152 valence electrons. The molecular weight excluding hydrogens is 380 g/mol. The topological polar surface area (TPSA) is 91.5 Å². The molecule has 1 aliphatic rings. The Balaban J connectivity index is 1.72. The van der Waals surface area contributed by atoms with Crippen LogP contribution in [0.5, 0.6) is 11.5 Å². The first-order valence-corrected chi connectivity index (χ1v) is 9.84. The predicted molar refractivity (Wildman–Crippen MR) is 112 cm³/mol. The van der Waals surface area contributed by atoms with E-state index in [1.807, 2.05) is 31.2 Å². The van der Waals surface area contributed by atoms with Crippen LogP contribution < -0.4 is 15.2 Å². The van der Waals surface area contributed by atoms with Crippen molar-refractivity contribution in [2.45, 2.75) is 19.4 Å². The van der Waals surface area contributed by atoms with Gasteiger partial charge in [-0.3, -0.25) is 14.6 Å². The summed E-state index contributed by atoms with van der Waals surface area (Å²) in [6.07, 6.45) is 3.48. The van der Waals surface area contributed by atoms with E-state index in [9.17, 15) is 9.59 Å². The van der Waals surface area contributed by atoms with Crippen LogP contribution in [0.25, 0.3) is 0 Å². The first-order chi connectivity index (χ1) is 14.6. The summed E-state index contributed by atoms with van der Waals surface area (Å²) in [4.78, 5) is 28.6. The molecule has 2 N–H and O–H groups in total. The SMILES string of the molecule is CCC1COc2cc(O[C@@H](c3ccncc3)c3ccccc3C(N)=O)ccc2C1=O. The van der Waals surface area contributed by atoms with Gasteiger partial charge in [0.05, 0.1) is 18.1 Å². The monoisotopic (exact) mass is 402 g/mol. The van der Waals surface area contributed by atoms with Gasteiger partial charge in [-0.1, -0.05) is 25.1 Å². The van der Waals surface area contributed by atoms with Gasteiger partial charge in [0, 0.05) is 29.6 Å². The van der Waals surface area contributed by atoms with Gasteiger partial charge in [-0.05, 0) is 42.3 Å². The van der Waals surface area contributed by atoms with Crippen molar-refractivity contribution in [3.05, 3.63) is 89.2 Å². The van der Waals surface area contributed by atoms with Crippen molar-refractivity contribution in [2.75, 3.05) is 6.61 Å². The Bertz CT molecular complexity index is 1080. The molecule has 1 aliphatic heterocycles. The van der Waals surface area contributed by atoms with E-state index in [2.05, 4.69) is 4.98 Å². The van der Waals surface area contributed by atoms with E-state index < -0.39 is 12.0 Å². The van der Waals surface area contributed by atoms with Crippen LogP contribution in [0.15, 0.2) is 67.0 Å². The van der Waals surface area contributed by atoms with Gasteiger partial charge in [0.2, 0.25) is 5.91 Å². The maximum Gasteiger partial charge on any atom is 0.249 e. The van der Waals surface area contributed by atoms with E-state index in [4.69, 9.17) is 15.2 Å². The van der Waals surface area contributed by atoms with Gasteiger partial charge in [-0.15, -0.1) is 0 Å². The fourth-order valence-corrected chi connectivity index (χ4v) is 3.62. The Labute approximate surface area is 174 Å². The lowest BCUT2D eigenvalue weighted by Gasteiger charge is -2.25. The highest BCUT2D eigenvalue weighted by molar-refractivity contribution is 6.01. The van der Waals surface area contributed by atoms with Crippen LogP contribution >= 0.6 is 0 Å². The lowest BCUT2D eigenvalue weighted by atomic mass is 9.93. The molecular formula is C24H22N2O4. The van der Waals surface area contributed by atoms with Crippen molar-refractivity contribution in [1.29, 1.82) is 0 Å². The number of primary amides is 1. The number of nitrogens with two attached hydrogens (primary N) is 1. The largest absolute Gasteiger partial charge is 0.492 e. The third-order valence-corrected chi connectivity index (χ3v) is 5.29. The second-order valence-corrected chi connectivity index (χ2v) is 7.17. The summed E-state index contributed by atoms with van der Waals surface area (Å²) in [5.74, 6) is 0.487. The molecule has 3 aromatic rings. The molecule has 1 unspecified atom stereocenters. The van der Waals surface area contributed by atoms with Gasteiger partial charge in [0.1, 0.15) is 17.6 Å². The molecule has 1 amide bonds. The average Bonchev–Trinajstić information content (AvgIpc) is 2.78. The summed E-state index contributed by atoms with van der Waals surface area (Å²) in [6, 6.07) is 15.9. The smallest absolute Gasteiger partial charge is 0.249 e. The molecule has 6 heteroatoms. The zero-order valence-corrected chi connectivity index (χ0v) is 16.6. The molecule has 0 aliphatic carbocycles. The molecule has 2 aromatic carbocycles. The maximum absolute atomic E-state index is 12.6. The number of carbonyl (C=O) groups excluding carboxylic acids is 2. The van der Waals surface area contributed by atoms with Crippen molar-refractivity contribution in [3.63, 3.8) is 0 Å². The van der Waals surface area contributed by atoms with Crippen LogP contribution in [-0.4, -0.2) is 23.3 Å². The highest BCUT2D eigenvalue weighted by atomic mass is 16.5. The minimum absolute atomic E-state index is 0.0926. The van der Waals surface area contributed by atoms with E-state index in [1.165, 1.54) is 0 Å². The number of carbonyl (C=O) groups is 2. The number of rotatable bonds is 6. The fourth-order valence-electron chi connectivity index (χ4n) is 3.62. The zero-order chi connectivity index (χ0) is 21.1. The number of fused-ring (bicyclic) bond motifs is 1. The van der Waals surface area contributed by atoms with Gasteiger partial charge in [-0.2, -0.15) is 0 Å². The second kappa shape index (κ2) is 8.37. The van der Waals surface area contributed by atoms with Crippen molar-refractivity contribution in [3.8, 4) is 11.5 Å². The first kappa shape index (κ1) is 19.6. The molecule has 0 spiro atoms. The third kappa shape index (κ3) is 3.76. The minimum Gasteiger partial charge on any atom is -0.492 e. The maximum atomic E-state index is 12.6. The number of nitrogens with zero attached hydrogens (tertiary/aromatic N) is 1. The molecule has 4 rings (SSSR count). The minimum atomic E-state index is -0.586. The van der Waals surface area contributed by atoms with Crippen LogP contribution in [0.4, 0.5) is 0 Å². The lowest BCUT2D eigenvalue weighted by molar-refractivity contribution is 0.0825. The van der Waals surface area contributed by atoms with Gasteiger partial charge in [0.25, 0.3) is 0 Å². The van der Waals surface area contributed by atoms with Crippen molar-refractivity contribution in [1.82, 2.24) is 4.98 Å². The number of Topliss-reactive ketones (excluding diaryl/α,β-unsaturated/α-hetero) is 1. The molecule has 0 bridgehead atoms. The molecule has 0 saturated carbocycles. The van der Waals surface area contributed by atoms with Crippen LogP contribution in [0.3, 0.4) is 0 Å². The summed E-state index contributed by atoms with van der Waals surface area (Å²) in [6.45, 7) is 2.34. The second-order valence-electron chi connectivity index (χ2n) is 7.17. The van der Waals surface area contributed by atoms with Crippen LogP contribution in [-0.2, 0) is 0 Å². The number of aromatic nitrogens is 1. The molecule has 6 nitrogen and oxygen atoms in total. The Kier molecular flexibility index (Phi) is 5.48. The standard InChI is InChI=1S/C24H22N2O4/c1-2-15-14-29-21-13-17(7-8-20(21)22(15)27)30-23(16-9-11-26-12-10-16)18-5-3-4-6-19(18)24(25)28/h3-13,15,23H,2,14H2,1H3,(H2,25,28)/t15?,23-/m0/s1. The normalized spacial score (nSPS) is 16.3. The summed E-state index contributed by atoms with van der Waals surface area (Å²) in [5.41, 5.74) is 8.01. The van der Waals surface area contributed by atoms with Crippen molar-refractivity contribution in [2.24, 2.45) is 11.7 Å². The molecule has 2 heterocycles. The summed E-state index contributed by atoms with van der Waals surface area (Å²) >= 11 is 0. The molecule has 0 saturated heterocycles. The van der Waals surface area contributed by atoms with E-state index in [0.29, 0.717) is 34.8 Å². The molecule has 0 radical (unpaired) electrons. The molecule has 2 atom stereocenters. The van der Waals surface area contributed by atoms with Crippen molar-refractivity contribution >= 4 is 11.7 Å². The predicted octanol–water partition coefficient (Wildman–Crippen LogP) is 3.95. The van der Waals surface area contributed by atoms with Gasteiger partial charge in [-0.25, -0.2) is 0 Å². The van der Waals surface area contributed by atoms with E-state index >= 15 is 0 Å². The number of benzene rings is 2. The van der Waals surface area contributed by atoms with Gasteiger partial charge >= 0.3 is 0 Å². The highest BCUT2D eigenvalue weighted by Crippen LogP contribution is 2.35. The Morgan fingerprint density at radius 2 is 1.97 bits per heavy atom. The summed E-state index contributed by atoms with van der Waals surface area (Å²) in [5, 5.41) is 0. The third-order valence-electron chi connectivity index (χ3n) is 5.29. The highest BCUT2D eigenvalue weighted by Gasteiger charge is 2.28. The van der Waals surface area contributed by atoms with E-state index in [0.717, 1.165) is 12.0 Å². The van der Waals surface area contributed by atoms with Crippen molar-refractivity contribution < 1.29 is 19.1 Å². The molecule has 1 aromatic heterocycles. The van der Waals surface area contributed by atoms with E-state index in [-0.39, 0.29) is 11.7 Å².